The van der Waals surface area contributed by atoms with Crippen molar-refractivity contribution < 1.29 is 18.7 Å². The highest BCUT2D eigenvalue weighted by molar-refractivity contribution is 5.81. The van der Waals surface area contributed by atoms with Gasteiger partial charge < -0.3 is 5.11 Å². The summed E-state index contributed by atoms with van der Waals surface area (Å²) in [4.78, 5) is 11.6. The van der Waals surface area contributed by atoms with E-state index in [0.29, 0.717) is 18.5 Å². The van der Waals surface area contributed by atoms with Crippen molar-refractivity contribution in [2.75, 3.05) is 0 Å². The van der Waals surface area contributed by atoms with E-state index in [1.807, 2.05) is 6.08 Å². The number of allylic oxidation sites excluding steroid dienone is 1. The van der Waals surface area contributed by atoms with Crippen molar-refractivity contribution in [1.29, 1.82) is 0 Å². The van der Waals surface area contributed by atoms with Crippen molar-refractivity contribution in [3.63, 3.8) is 0 Å². The van der Waals surface area contributed by atoms with E-state index < -0.39 is 17.1 Å². The number of rotatable bonds is 2. The fourth-order valence-electron chi connectivity index (χ4n) is 4.17. The summed E-state index contributed by atoms with van der Waals surface area (Å²) < 4.78 is 30.2. The molecule has 0 aliphatic heterocycles. The van der Waals surface area contributed by atoms with Crippen LogP contribution in [0.5, 0.6) is 0 Å². The van der Waals surface area contributed by atoms with Crippen LogP contribution < -0.4 is 0 Å². The van der Waals surface area contributed by atoms with Crippen LogP contribution in [0.1, 0.15) is 37.4 Å². The summed E-state index contributed by atoms with van der Waals surface area (Å²) >= 11 is 0. The number of nitrogens with zero attached hydrogens (tertiary/aromatic N) is 2. The molecular weight excluding hydrogens is 326 g/mol. The number of hydrogen-bond donors (Lipinski definition) is 1. The van der Waals surface area contributed by atoms with Crippen LogP contribution in [-0.2, 0) is 11.2 Å². The molecule has 0 spiro atoms. The average Bonchev–Trinajstić information content (AvgIpc) is 2.97. The Morgan fingerprint density at radius 2 is 2.04 bits per heavy atom. The number of aromatic nitrogens is 2. The molecule has 0 radical (unpaired) electrons. The molecule has 1 N–H and O–H groups in total. The quantitative estimate of drug-likeness (QED) is 0.898. The highest BCUT2D eigenvalue weighted by atomic mass is 19.1. The Balaban J connectivity index is 1.83. The molecule has 1 aromatic heterocycles. The van der Waals surface area contributed by atoms with E-state index in [1.165, 1.54) is 12.1 Å². The summed E-state index contributed by atoms with van der Waals surface area (Å²) in [6.07, 6.45) is 5.00. The Hall–Kier alpha value is -2.50. The number of carbonyl (C=O) groups is 1. The van der Waals surface area contributed by atoms with E-state index in [4.69, 9.17) is 0 Å². The topological polar surface area (TPSA) is 55.1 Å². The molecule has 2 aromatic rings. The summed E-state index contributed by atoms with van der Waals surface area (Å²) in [6, 6.07) is 5.99. The second-order valence-corrected chi connectivity index (χ2v) is 7.08. The van der Waals surface area contributed by atoms with Crippen LogP contribution in [-0.4, -0.2) is 26.5 Å². The third-order valence-corrected chi connectivity index (χ3v) is 5.70. The van der Waals surface area contributed by atoms with E-state index >= 15 is 4.39 Å². The summed E-state index contributed by atoms with van der Waals surface area (Å²) in [5.74, 6) is -1.72. The van der Waals surface area contributed by atoms with Crippen molar-refractivity contribution in [2.45, 2.75) is 38.3 Å². The Kier molecular flexibility index (Phi) is 3.36. The number of carboxylic acids is 1. The van der Waals surface area contributed by atoms with Crippen LogP contribution in [0.4, 0.5) is 8.78 Å². The van der Waals surface area contributed by atoms with Crippen LogP contribution in [0, 0.1) is 11.2 Å². The second-order valence-electron chi connectivity index (χ2n) is 7.08. The zero-order chi connectivity index (χ0) is 17.8. The van der Waals surface area contributed by atoms with Gasteiger partial charge in [-0.1, -0.05) is 12.5 Å². The van der Waals surface area contributed by atoms with Gasteiger partial charge in [0.1, 0.15) is 5.82 Å². The normalized spacial score (nSPS) is 28.0. The van der Waals surface area contributed by atoms with Gasteiger partial charge in [-0.25, -0.2) is 18.3 Å². The molecular formula is C19H18F2N2O2. The van der Waals surface area contributed by atoms with Crippen molar-refractivity contribution in [3.8, 4) is 5.69 Å². The predicted molar refractivity (Wildman–Crippen MR) is 88.6 cm³/mol. The number of benzene rings is 1. The van der Waals surface area contributed by atoms with Crippen molar-refractivity contribution in [3.05, 3.63) is 53.1 Å². The molecule has 0 saturated heterocycles. The maximum atomic E-state index is 15.4. The maximum Gasteiger partial charge on any atom is 0.342 e. The molecule has 0 bridgehead atoms. The van der Waals surface area contributed by atoms with Crippen LogP contribution in [0.2, 0.25) is 0 Å². The smallest absolute Gasteiger partial charge is 0.342 e. The van der Waals surface area contributed by atoms with Crippen LogP contribution in [0.15, 0.2) is 36.0 Å². The van der Waals surface area contributed by atoms with Gasteiger partial charge in [0, 0.05) is 5.41 Å². The molecule has 2 aliphatic rings. The van der Waals surface area contributed by atoms with Gasteiger partial charge in [-0.15, -0.1) is 0 Å². The number of aliphatic carboxylic acids is 1. The third kappa shape index (κ3) is 2.16. The summed E-state index contributed by atoms with van der Waals surface area (Å²) in [7, 11) is 0. The molecule has 1 saturated carbocycles. The van der Waals surface area contributed by atoms with Crippen LogP contribution in [0.25, 0.3) is 11.8 Å². The minimum absolute atomic E-state index is 0.0254. The molecule has 0 amide bonds. The molecule has 130 valence electrons. The lowest BCUT2D eigenvalue weighted by Gasteiger charge is -2.47. The Morgan fingerprint density at radius 1 is 1.32 bits per heavy atom. The minimum Gasteiger partial charge on any atom is -0.479 e. The lowest BCUT2D eigenvalue weighted by atomic mass is 9.58. The summed E-state index contributed by atoms with van der Waals surface area (Å²) in [5, 5.41) is 13.9. The second kappa shape index (κ2) is 5.25. The van der Waals surface area contributed by atoms with Gasteiger partial charge >= 0.3 is 5.97 Å². The van der Waals surface area contributed by atoms with Gasteiger partial charge in [0.05, 0.1) is 17.6 Å². The highest BCUT2D eigenvalue weighted by Crippen LogP contribution is 2.55. The fourth-order valence-corrected chi connectivity index (χ4v) is 4.17. The molecule has 0 unspecified atom stereocenters. The molecule has 1 aromatic carbocycles. The van der Waals surface area contributed by atoms with Gasteiger partial charge in [-0.3, -0.25) is 0 Å². The molecule has 1 heterocycles. The Bertz CT molecular complexity index is 887. The number of hydrogen-bond acceptors (Lipinski definition) is 2. The maximum absolute atomic E-state index is 15.4. The number of fused-ring (bicyclic) bond motifs is 2. The van der Waals surface area contributed by atoms with Gasteiger partial charge in [-0.05, 0) is 61.6 Å². The monoisotopic (exact) mass is 344 g/mol. The third-order valence-electron chi connectivity index (χ3n) is 5.70. The molecule has 4 nitrogen and oxygen atoms in total. The molecule has 4 rings (SSSR count). The number of alkyl halides is 1. The van der Waals surface area contributed by atoms with Gasteiger partial charge in [-0.2, -0.15) is 5.10 Å². The Labute approximate surface area is 143 Å². The molecule has 25 heavy (non-hydrogen) atoms. The molecule has 6 heteroatoms. The molecule has 1 fully saturated rings. The van der Waals surface area contributed by atoms with Crippen molar-refractivity contribution >= 4 is 12.0 Å². The minimum atomic E-state index is -2.27. The number of carboxylic acid groups (broad SMARTS) is 1. The SMILES string of the molecule is C[C@]12Cc3cnn(-c4ccc(F)cc4)c3C=C1CCC[C@]2(F)C(=O)O. The van der Waals surface area contributed by atoms with E-state index in [9.17, 15) is 14.3 Å². The van der Waals surface area contributed by atoms with Crippen LogP contribution in [0.3, 0.4) is 0 Å². The van der Waals surface area contributed by atoms with E-state index in [-0.39, 0.29) is 18.7 Å². The van der Waals surface area contributed by atoms with Crippen molar-refractivity contribution in [1.82, 2.24) is 9.78 Å². The van der Waals surface area contributed by atoms with Crippen molar-refractivity contribution in [2.24, 2.45) is 5.41 Å². The first-order valence-corrected chi connectivity index (χ1v) is 8.31. The fraction of sp³-hybridized carbons (Fsp3) is 0.368. The molecule has 2 atom stereocenters. The first kappa shape index (κ1) is 16.0. The first-order chi connectivity index (χ1) is 11.8. The largest absolute Gasteiger partial charge is 0.479 e. The predicted octanol–water partition coefficient (Wildman–Crippen LogP) is 3.93. The Morgan fingerprint density at radius 3 is 2.72 bits per heavy atom. The lowest BCUT2D eigenvalue weighted by molar-refractivity contribution is -0.161. The number of halogens is 2. The summed E-state index contributed by atoms with van der Waals surface area (Å²) in [5.41, 5.74) is -0.203. The zero-order valence-corrected chi connectivity index (χ0v) is 13.8. The van der Waals surface area contributed by atoms with E-state index in [1.54, 1.807) is 29.9 Å². The van der Waals surface area contributed by atoms with E-state index in [2.05, 4.69) is 5.10 Å². The highest BCUT2D eigenvalue weighted by Gasteiger charge is 2.59. The standard InChI is InChI=1S/C19H18F2N2O2/c1-18-10-12-11-22-23(15-6-4-14(20)5-7-15)16(12)9-13(18)3-2-8-19(18,21)17(24)25/h4-7,9,11H,2-3,8,10H2,1H3,(H,24,25)/t18-,19-/m0/s1. The van der Waals surface area contributed by atoms with Gasteiger partial charge in [0.15, 0.2) is 0 Å². The van der Waals surface area contributed by atoms with Gasteiger partial charge in [0.25, 0.3) is 0 Å². The average molecular weight is 344 g/mol. The zero-order valence-electron chi connectivity index (χ0n) is 13.8. The molecule has 2 aliphatic carbocycles. The summed E-state index contributed by atoms with van der Waals surface area (Å²) in [6.45, 7) is 1.70. The lowest BCUT2D eigenvalue weighted by Crippen LogP contribution is -2.54. The van der Waals surface area contributed by atoms with Gasteiger partial charge in [0.2, 0.25) is 5.67 Å². The van der Waals surface area contributed by atoms with Crippen LogP contribution >= 0.6 is 0 Å². The first-order valence-electron chi connectivity index (χ1n) is 8.31. The van der Waals surface area contributed by atoms with E-state index in [0.717, 1.165) is 16.8 Å².